The van der Waals surface area contributed by atoms with E-state index in [-0.39, 0.29) is 5.56 Å². The van der Waals surface area contributed by atoms with E-state index in [1.54, 1.807) is 10.9 Å². The Hall–Kier alpha value is -0.840. The molecule has 1 aliphatic carbocycles. The van der Waals surface area contributed by atoms with Crippen molar-refractivity contribution in [1.82, 2.24) is 9.78 Å². The van der Waals surface area contributed by atoms with E-state index in [9.17, 15) is 4.79 Å². The fourth-order valence-electron chi connectivity index (χ4n) is 2.48. The fourth-order valence-corrected chi connectivity index (χ4v) is 2.85. The standard InChI is InChI=1S/C15H24BrN3O/c1-3-4-6-11(2)18-14-13(16)9-17-19(15(14)20)10-12-7-5-8-12/h9,11-12,18H,3-8,10H2,1-2H3. The van der Waals surface area contributed by atoms with Crippen molar-refractivity contribution in [1.29, 1.82) is 0 Å². The first-order chi connectivity index (χ1) is 9.61. The Labute approximate surface area is 129 Å². The maximum Gasteiger partial charge on any atom is 0.291 e. The van der Waals surface area contributed by atoms with E-state index in [0.717, 1.165) is 17.4 Å². The lowest BCUT2D eigenvalue weighted by molar-refractivity contribution is 0.262. The van der Waals surface area contributed by atoms with Gasteiger partial charge in [0.2, 0.25) is 0 Å². The maximum atomic E-state index is 12.5. The highest BCUT2D eigenvalue weighted by molar-refractivity contribution is 9.10. The Balaban J connectivity index is 2.09. The Kier molecular flexibility index (Phi) is 5.64. The van der Waals surface area contributed by atoms with Crippen molar-refractivity contribution < 1.29 is 0 Å². The Morgan fingerprint density at radius 3 is 2.90 bits per heavy atom. The number of hydrogen-bond donors (Lipinski definition) is 1. The van der Waals surface area contributed by atoms with Crippen molar-refractivity contribution in [3.05, 3.63) is 21.0 Å². The molecule has 4 nitrogen and oxygen atoms in total. The van der Waals surface area contributed by atoms with Gasteiger partial charge < -0.3 is 5.32 Å². The molecular weight excluding hydrogens is 318 g/mol. The SMILES string of the molecule is CCCCC(C)Nc1c(Br)cnn(CC2CCC2)c1=O. The van der Waals surface area contributed by atoms with E-state index < -0.39 is 0 Å². The van der Waals surface area contributed by atoms with Gasteiger partial charge in [0.15, 0.2) is 0 Å². The first-order valence-corrected chi connectivity index (χ1v) is 8.43. The largest absolute Gasteiger partial charge is 0.377 e. The average molecular weight is 342 g/mol. The molecule has 0 spiro atoms. The molecule has 1 fully saturated rings. The molecule has 5 heteroatoms. The van der Waals surface area contributed by atoms with Crippen LogP contribution in [0.5, 0.6) is 0 Å². The zero-order valence-corrected chi connectivity index (χ0v) is 13.9. The van der Waals surface area contributed by atoms with Crippen LogP contribution in [0.2, 0.25) is 0 Å². The molecule has 1 N–H and O–H groups in total. The summed E-state index contributed by atoms with van der Waals surface area (Å²) in [5.74, 6) is 0.631. The third-order valence-corrected chi connectivity index (χ3v) is 4.64. The second-order valence-corrected chi connectivity index (χ2v) is 6.69. The van der Waals surface area contributed by atoms with Gasteiger partial charge in [-0.1, -0.05) is 26.2 Å². The molecule has 1 aromatic rings. The van der Waals surface area contributed by atoms with E-state index in [0.29, 0.717) is 17.6 Å². The number of nitrogens with one attached hydrogen (secondary N) is 1. The van der Waals surface area contributed by atoms with Gasteiger partial charge in [-0.15, -0.1) is 0 Å². The Bertz CT molecular complexity index is 496. The molecular formula is C15H24BrN3O. The summed E-state index contributed by atoms with van der Waals surface area (Å²) in [6.07, 6.45) is 8.89. The molecule has 0 saturated heterocycles. The van der Waals surface area contributed by atoms with Crippen LogP contribution in [-0.2, 0) is 6.54 Å². The molecule has 1 unspecified atom stereocenters. The predicted molar refractivity (Wildman–Crippen MR) is 86.1 cm³/mol. The lowest BCUT2D eigenvalue weighted by Gasteiger charge is -2.25. The first kappa shape index (κ1) is 15.5. The van der Waals surface area contributed by atoms with Crippen molar-refractivity contribution >= 4 is 21.6 Å². The van der Waals surface area contributed by atoms with Gasteiger partial charge in [-0.3, -0.25) is 4.79 Å². The summed E-state index contributed by atoms with van der Waals surface area (Å²) in [5, 5.41) is 7.59. The number of hydrogen-bond acceptors (Lipinski definition) is 3. The van der Waals surface area contributed by atoms with E-state index >= 15 is 0 Å². The minimum atomic E-state index is -0.00498. The zero-order valence-electron chi connectivity index (χ0n) is 12.4. The number of halogens is 1. The van der Waals surface area contributed by atoms with Crippen LogP contribution >= 0.6 is 15.9 Å². The third kappa shape index (κ3) is 3.84. The van der Waals surface area contributed by atoms with Crippen LogP contribution in [0.3, 0.4) is 0 Å². The molecule has 1 atom stereocenters. The van der Waals surface area contributed by atoms with Gasteiger partial charge in [-0.2, -0.15) is 5.10 Å². The number of nitrogens with zero attached hydrogens (tertiary/aromatic N) is 2. The minimum Gasteiger partial charge on any atom is -0.377 e. The smallest absolute Gasteiger partial charge is 0.291 e. The summed E-state index contributed by atoms with van der Waals surface area (Å²) in [5.41, 5.74) is 0.651. The molecule has 0 aromatic carbocycles. The summed E-state index contributed by atoms with van der Waals surface area (Å²) in [4.78, 5) is 12.5. The number of aromatic nitrogens is 2. The quantitative estimate of drug-likeness (QED) is 0.820. The molecule has 1 saturated carbocycles. The lowest BCUT2D eigenvalue weighted by Crippen LogP contribution is -2.32. The third-order valence-electron chi connectivity index (χ3n) is 4.03. The predicted octanol–water partition coefficient (Wildman–Crippen LogP) is 3.80. The summed E-state index contributed by atoms with van der Waals surface area (Å²) >= 11 is 3.44. The molecule has 1 heterocycles. The highest BCUT2D eigenvalue weighted by atomic mass is 79.9. The minimum absolute atomic E-state index is 0.00498. The normalized spacial score (nSPS) is 16.8. The van der Waals surface area contributed by atoms with Gasteiger partial charge in [0.25, 0.3) is 5.56 Å². The van der Waals surface area contributed by atoms with Crippen molar-refractivity contribution in [2.24, 2.45) is 5.92 Å². The number of anilines is 1. The summed E-state index contributed by atoms with van der Waals surface area (Å²) < 4.78 is 2.37. The van der Waals surface area contributed by atoms with E-state index in [2.05, 4.69) is 40.2 Å². The average Bonchev–Trinajstić information content (AvgIpc) is 2.38. The number of unbranched alkanes of at least 4 members (excludes halogenated alkanes) is 1. The molecule has 112 valence electrons. The van der Waals surface area contributed by atoms with Crippen LogP contribution in [0.1, 0.15) is 52.4 Å². The number of rotatable bonds is 7. The summed E-state index contributed by atoms with van der Waals surface area (Å²) in [6, 6.07) is 0.304. The van der Waals surface area contributed by atoms with Crippen LogP contribution in [0.25, 0.3) is 0 Å². The van der Waals surface area contributed by atoms with E-state index in [1.165, 1.54) is 32.1 Å². The van der Waals surface area contributed by atoms with E-state index in [1.807, 2.05) is 0 Å². The summed E-state index contributed by atoms with van der Waals surface area (Å²) in [7, 11) is 0. The van der Waals surface area contributed by atoms with E-state index in [4.69, 9.17) is 0 Å². The molecule has 2 rings (SSSR count). The molecule has 0 amide bonds. The zero-order chi connectivity index (χ0) is 14.5. The van der Waals surface area contributed by atoms with Crippen LogP contribution in [0, 0.1) is 5.92 Å². The van der Waals surface area contributed by atoms with Crippen LogP contribution in [0.15, 0.2) is 15.5 Å². The lowest BCUT2D eigenvalue weighted by atomic mass is 9.85. The van der Waals surface area contributed by atoms with Crippen molar-refractivity contribution in [2.75, 3.05) is 5.32 Å². The monoisotopic (exact) mass is 341 g/mol. The van der Waals surface area contributed by atoms with Crippen molar-refractivity contribution in [3.8, 4) is 0 Å². The van der Waals surface area contributed by atoms with Crippen molar-refractivity contribution in [2.45, 2.75) is 65.0 Å². The van der Waals surface area contributed by atoms with Gasteiger partial charge in [-0.05, 0) is 48.0 Å². The van der Waals surface area contributed by atoms with Crippen molar-refractivity contribution in [3.63, 3.8) is 0 Å². The van der Waals surface area contributed by atoms with Crippen LogP contribution in [0.4, 0.5) is 5.69 Å². The Morgan fingerprint density at radius 1 is 1.55 bits per heavy atom. The molecule has 0 radical (unpaired) electrons. The maximum absolute atomic E-state index is 12.5. The summed E-state index contributed by atoms with van der Waals surface area (Å²) in [6.45, 7) is 5.06. The van der Waals surface area contributed by atoms with Gasteiger partial charge in [0, 0.05) is 12.6 Å². The molecule has 0 aliphatic heterocycles. The van der Waals surface area contributed by atoms with Gasteiger partial charge in [0.05, 0.1) is 10.7 Å². The Morgan fingerprint density at radius 2 is 2.30 bits per heavy atom. The van der Waals surface area contributed by atoms with Gasteiger partial charge in [0.1, 0.15) is 5.69 Å². The highest BCUT2D eigenvalue weighted by Gasteiger charge is 2.20. The van der Waals surface area contributed by atoms with Crippen LogP contribution < -0.4 is 10.9 Å². The highest BCUT2D eigenvalue weighted by Crippen LogP contribution is 2.27. The van der Waals surface area contributed by atoms with Gasteiger partial charge >= 0.3 is 0 Å². The molecule has 1 aliphatic rings. The fraction of sp³-hybridized carbons (Fsp3) is 0.733. The second kappa shape index (κ2) is 7.25. The second-order valence-electron chi connectivity index (χ2n) is 5.84. The molecule has 0 bridgehead atoms. The first-order valence-electron chi connectivity index (χ1n) is 7.64. The topological polar surface area (TPSA) is 46.9 Å². The van der Waals surface area contributed by atoms with Crippen LogP contribution in [-0.4, -0.2) is 15.8 Å². The van der Waals surface area contributed by atoms with Gasteiger partial charge in [-0.25, -0.2) is 4.68 Å². The molecule has 20 heavy (non-hydrogen) atoms. The molecule has 1 aromatic heterocycles.